The van der Waals surface area contributed by atoms with Gasteiger partial charge in [-0.1, -0.05) is 26.0 Å². The van der Waals surface area contributed by atoms with E-state index in [-0.39, 0.29) is 16.9 Å². The van der Waals surface area contributed by atoms with Crippen LogP contribution in [0.15, 0.2) is 23.9 Å². The zero-order valence-electron chi connectivity index (χ0n) is 7.29. The van der Waals surface area contributed by atoms with E-state index in [0.29, 0.717) is 0 Å². The van der Waals surface area contributed by atoms with Gasteiger partial charge < -0.3 is 4.79 Å². The molecular formula is C10H11NO. The molecule has 0 spiro atoms. The van der Waals surface area contributed by atoms with Crippen molar-refractivity contribution in [3.8, 4) is 0 Å². The summed E-state index contributed by atoms with van der Waals surface area (Å²) >= 11 is 0. The normalized spacial score (nSPS) is 28.1. The van der Waals surface area contributed by atoms with E-state index < -0.39 is 0 Å². The number of hydrogen-bond acceptors (Lipinski definition) is 1. The first-order valence-corrected chi connectivity index (χ1v) is 3.95. The van der Waals surface area contributed by atoms with E-state index in [9.17, 15) is 4.79 Å². The van der Waals surface area contributed by atoms with Crippen molar-refractivity contribution in [3.63, 3.8) is 0 Å². The summed E-state index contributed by atoms with van der Waals surface area (Å²) in [4.78, 5) is 14.2. The highest BCUT2D eigenvalue weighted by Crippen LogP contribution is 2.30. The van der Waals surface area contributed by atoms with Gasteiger partial charge in [0.1, 0.15) is 0 Å². The molecule has 12 heavy (non-hydrogen) atoms. The second-order valence-corrected chi connectivity index (χ2v) is 3.20. The molecule has 0 amide bonds. The van der Waals surface area contributed by atoms with Crippen LogP contribution in [0.3, 0.4) is 0 Å². The van der Waals surface area contributed by atoms with Gasteiger partial charge in [0.25, 0.3) is 0 Å². The Kier molecular flexibility index (Phi) is 2.14. The second-order valence-electron chi connectivity index (χ2n) is 3.20. The summed E-state index contributed by atoms with van der Waals surface area (Å²) in [5, 5.41) is 0. The van der Waals surface area contributed by atoms with Gasteiger partial charge in [-0.05, 0) is 17.9 Å². The van der Waals surface area contributed by atoms with Gasteiger partial charge in [-0.3, -0.25) is 0 Å². The highest BCUT2D eigenvalue weighted by atomic mass is 16.1. The Morgan fingerprint density at radius 3 is 2.83 bits per heavy atom. The van der Waals surface area contributed by atoms with Crippen molar-refractivity contribution in [2.45, 2.75) is 20.3 Å². The summed E-state index contributed by atoms with van der Waals surface area (Å²) in [6.45, 7) is 10.8. The van der Waals surface area contributed by atoms with Crippen LogP contribution in [0.25, 0.3) is 4.85 Å². The lowest BCUT2D eigenvalue weighted by Gasteiger charge is -2.22. The zero-order chi connectivity index (χ0) is 9.19. The van der Waals surface area contributed by atoms with Crippen LogP contribution in [-0.2, 0) is 4.79 Å². The fourth-order valence-corrected chi connectivity index (χ4v) is 1.09. The van der Waals surface area contributed by atoms with Gasteiger partial charge in [0.05, 0.1) is 6.57 Å². The highest BCUT2D eigenvalue weighted by Gasteiger charge is 2.23. The molecule has 0 saturated carbocycles. The summed E-state index contributed by atoms with van der Waals surface area (Å²) in [6.07, 6.45) is 6.03. The lowest BCUT2D eigenvalue weighted by Crippen LogP contribution is -2.15. The second kappa shape index (κ2) is 2.94. The van der Waals surface area contributed by atoms with Gasteiger partial charge in [-0.15, -0.1) is 0 Å². The molecule has 0 fully saturated rings. The summed E-state index contributed by atoms with van der Waals surface area (Å²) in [7, 11) is 0. The quantitative estimate of drug-likeness (QED) is 0.541. The van der Waals surface area contributed by atoms with Gasteiger partial charge in [0.2, 0.25) is 5.70 Å². The Morgan fingerprint density at radius 1 is 1.67 bits per heavy atom. The van der Waals surface area contributed by atoms with Crippen LogP contribution in [0, 0.1) is 12.0 Å². The average molecular weight is 161 g/mol. The Balaban J connectivity index is 3.04. The standard InChI is InChI=1S/C10H11NO/c1-4-10(2)6-5-9(12)8(7-10)11-3/h5-7H,4H2,1-2H3. The molecule has 0 aliphatic heterocycles. The molecule has 0 bridgehead atoms. The first kappa shape index (κ1) is 8.73. The van der Waals surface area contributed by atoms with Crippen LogP contribution in [-0.4, -0.2) is 5.78 Å². The molecule has 0 aromatic carbocycles. The molecule has 0 aromatic heterocycles. The van der Waals surface area contributed by atoms with Gasteiger partial charge in [0, 0.05) is 0 Å². The maximum absolute atomic E-state index is 11.1. The number of allylic oxidation sites excluding steroid dienone is 3. The fraction of sp³-hybridized carbons (Fsp3) is 0.400. The van der Waals surface area contributed by atoms with Crippen LogP contribution in [0.5, 0.6) is 0 Å². The molecule has 1 atom stereocenters. The molecule has 2 nitrogen and oxygen atoms in total. The molecule has 1 unspecified atom stereocenters. The Bertz CT molecular complexity index is 306. The highest BCUT2D eigenvalue weighted by molar-refractivity contribution is 6.06. The van der Waals surface area contributed by atoms with E-state index in [1.54, 1.807) is 6.08 Å². The first-order valence-electron chi connectivity index (χ1n) is 3.95. The fourth-order valence-electron chi connectivity index (χ4n) is 1.09. The minimum Gasteiger partial charge on any atom is -0.303 e. The third-order valence-electron chi connectivity index (χ3n) is 2.22. The van der Waals surface area contributed by atoms with Crippen LogP contribution in [0.2, 0.25) is 0 Å². The van der Waals surface area contributed by atoms with Gasteiger partial charge in [-0.25, -0.2) is 4.85 Å². The topological polar surface area (TPSA) is 21.4 Å². The van der Waals surface area contributed by atoms with Crippen molar-refractivity contribution < 1.29 is 4.79 Å². The van der Waals surface area contributed by atoms with Crippen LogP contribution in [0.4, 0.5) is 0 Å². The molecule has 1 aliphatic carbocycles. The van der Waals surface area contributed by atoms with Crippen molar-refractivity contribution in [3.05, 3.63) is 35.3 Å². The molecule has 0 radical (unpaired) electrons. The van der Waals surface area contributed by atoms with Crippen molar-refractivity contribution in [1.29, 1.82) is 0 Å². The largest absolute Gasteiger partial charge is 0.303 e. The minimum atomic E-state index is -0.170. The van der Waals surface area contributed by atoms with Crippen LogP contribution < -0.4 is 0 Å². The Hall–Kier alpha value is -1.36. The zero-order valence-corrected chi connectivity index (χ0v) is 7.29. The van der Waals surface area contributed by atoms with E-state index in [1.165, 1.54) is 6.08 Å². The van der Waals surface area contributed by atoms with Crippen LogP contribution >= 0.6 is 0 Å². The lowest BCUT2D eigenvalue weighted by atomic mass is 9.82. The summed E-state index contributed by atoms with van der Waals surface area (Å²) in [5.74, 6) is -0.170. The Morgan fingerprint density at radius 2 is 2.33 bits per heavy atom. The molecule has 2 heteroatoms. The number of carbonyl (C=O) groups is 1. The maximum atomic E-state index is 11.1. The molecule has 1 rings (SSSR count). The van der Waals surface area contributed by atoms with E-state index in [1.807, 2.05) is 19.9 Å². The van der Waals surface area contributed by atoms with Gasteiger partial charge >= 0.3 is 0 Å². The summed E-state index contributed by atoms with van der Waals surface area (Å²) < 4.78 is 0. The SMILES string of the molecule is [C-]#[N+]C1=CC(C)(CC)C=CC1=O. The van der Waals surface area contributed by atoms with Gasteiger partial charge in [0.15, 0.2) is 5.78 Å². The summed E-state index contributed by atoms with van der Waals surface area (Å²) in [5.41, 5.74) is 0.148. The molecule has 1 aliphatic rings. The number of nitrogens with zero attached hydrogens (tertiary/aromatic N) is 1. The Labute approximate surface area is 72.4 Å². The first-order chi connectivity index (χ1) is 5.61. The average Bonchev–Trinajstić information content (AvgIpc) is 2.10. The van der Waals surface area contributed by atoms with Crippen molar-refractivity contribution in [2.24, 2.45) is 5.41 Å². The molecule has 0 heterocycles. The molecule has 62 valence electrons. The van der Waals surface area contributed by atoms with Crippen molar-refractivity contribution in [2.75, 3.05) is 0 Å². The monoisotopic (exact) mass is 161 g/mol. The number of ketones is 1. The predicted molar refractivity (Wildman–Crippen MR) is 47.2 cm³/mol. The molecule has 0 N–H and O–H groups in total. The molecule has 0 saturated heterocycles. The predicted octanol–water partition coefficient (Wildman–Crippen LogP) is 2.34. The molecule has 0 aromatic rings. The molecular weight excluding hydrogens is 150 g/mol. The third kappa shape index (κ3) is 1.45. The van der Waals surface area contributed by atoms with E-state index in [0.717, 1.165) is 6.42 Å². The van der Waals surface area contributed by atoms with Crippen molar-refractivity contribution >= 4 is 5.78 Å². The van der Waals surface area contributed by atoms with Crippen molar-refractivity contribution in [1.82, 2.24) is 0 Å². The number of hydrogen-bond donors (Lipinski definition) is 0. The van der Waals surface area contributed by atoms with E-state index in [4.69, 9.17) is 6.57 Å². The van der Waals surface area contributed by atoms with E-state index >= 15 is 0 Å². The minimum absolute atomic E-state index is 0.103. The maximum Gasteiger partial charge on any atom is 0.230 e. The summed E-state index contributed by atoms with van der Waals surface area (Å²) in [6, 6.07) is 0. The van der Waals surface area contributed by atoms with Crippen LogP contribution in [0.1, 0.15) is 20.3 Å². The number of carbonyl (C=O) groups excluding carboxylic acids is 1. The van der Waals surface area contributed by atoms with E-state index in [2.05, 4.69) is 4.85 Å². The van der Waals surface area contributed by atoms with Gasteiger partial charge in [-0.2, -0.15) is 0 Å². The lowest BCUT2D eigenvalue weighted by molar-refractivity contribution is -0.111. The smallest absolute Gasteiger partial charge is 0.230 e. The third-order valence-corrected chi connectivity index (χ3v) is 2.22. The number of rotatable bonds is 1.